The van der Waals surface area contributed by atoms with Gasteiger partial charge in [-0.15, -0.1) is 0 Å². The first-order valence-corrected chi connectivity index (χ1v) is 11.9. The van der Waals surface area contributed by atoms with E-state index in [1.165, 1.54) is 30.0 Å². The van der Waals surface area contributed by atoms with E-state index in [2.05, 4.69) is 14.7 Å². The molecular formula is C19H24Cl2N4O3S. The number of morpholine rings is 1. The summed E-state index contributed by atoms with van der Waals surface area (Å²) in [5.41, 5.74) is 1.31. The Morgan fingerprint density at radius 3 is 2.69 bits per heavy atom. The SMILES string of the molecule is Cn1cc(Cl)c(CNS(=O)(=O)c2ccc(N3CCOC(C4CCC4)C3)c(Cl)c2)n1. The number of hydrogen-bond acceptors (Lipinski definition) is 5. The predicted molar refractivity (Wildman–Crippen MR) is 113 cm³/mol. The van der Waals surface area contributed by atoms with E-state index in [1.54, 1.807) is 25.4 Å². The molecule has 1 saturated heterocycles. The van der Waals surface area contributed by atoms with Crippen LogP contribution in [-0.2, 0) is 28.4 Å². The highest BCUT2D eigenvalue weighted by molar-refractivity contribution is 7.89. The van der Waals surface area contributed by atoms with Crippen molar-refractivity contribution in [2.75, 3.05) is 24.6 Å². The van der Waals surface area contributed by atoms with E-state index < -0.39 is 10.0 Å². The summed E-state index contributed by atoms with van der Waals surface area (Å²) in [6.45, 7) is 2.19. The molecule has 1 aromatic carbocycles. The molecule has 1 aliphatic carbocycles. The molecule has 10 heteroatoms. The van der Waals surface area contributed by atoms with Crippen LogP contribution in [0.2, 0.25) is 10.0 Å². The molecule has 0 amide bonds. The van der Waals surface area contributed by atoms with E-state index in [0.717, 1.165) is 18.8 Å². The molecule has 1 atom stereocenters. The first-order chi connectivity index (χ1) is 13.8. The number of aryl methyl sites for hydroxylation is 1. The monoisotopic (exact) mass is 458 g/mol. The summed E-state index contributed by atoms with van der Waals surface area (Å²) in [6, 6.07) is 4.85. The lowest BCUT2D eigenvalue weighted by Crippen LogP contribution is -2.47. The van der Waals surface area contributed by atoms with Gasteiger partial charge in [-0.2, -0.15) is 5.10 Å². The molecule has 1 saturated carbocycles. The lowest BCUT2D eigenvalue weighted by atomic mass is 9.80. The van der Waals surface area contributed by atoms with Gasteiger partial charge in [0.1, 0.15) is 0 Å². The van der Waals surface area contributed by atoms with Crippen molar-refractivity contribution in [1.29, 1.82) is 0 Å². The Morgan fingerprint density at radius 2 is 2.07 bits per heavy atom. The van der Waals surface area contributed by atoms with Gasteiger partial charge in [0.05, 0.1) is 45.6 Å². The van der Waals surface area contributed by atoms with Crippen LogP contribution in [-0.4, -0.2) is 44.0 Å². The predicted octanol–water partition coefficient (Wildman–Crippen LogP) is 3.21. The standard InChI is InChI=1S/C19H24Cl2N4O3S/c1-24-11-16(21)17(23-24)10-22-29(26,27)14-5-6-18(15(20)9-14)25-7-8-28-19(12-25)13-3-2-4-13/h5-6,9,11,13,19,22H,2-4,7-8,10,12H2,1H3. The number of sulfonamides is 1. The summed E-state index contributed by atoms with van der Waals surface area (Å²) < 4.78 is 35.3. The minimum Gasteiger partial charge on any atom is -0.374 e. The van der Waals surface area contributed by atoms with Crippen molar-refractivity contribution in [3.05, 3.63) is 40.1 Å². The summed E-state index contributed by atoms with van der Waals surface area (Å²) in [5.74, 6) is 0.624. The number of nitrogens with zero attached hydrogens (tertiary/aromatic N) is 3. The van der Waals surface area contributed by atoms with Crippen molar-refractivity contribution in [3.8, 4) is 0 Å². The van der Waals surface area contributed by atoms with Crippen LogP contribution in [0.1, 0.15) is 25.0 Å². The van der Waals surface area contributed by atoms with Crippen LogP contribution in [0.4, 0.5) is 5.69 Å². The fraction of sp³-hybridized carbons (Fsp3) is 0.526. The second kappa shape index (κ2) is 8.43. The smallest absolute Gasteiger partial charge is 0.240 e. The lowest BCUT2D eigenvalue weighted by Gasteiger charge is -2.41. The van der Waals surface area contributed by atoms with Gasteiger partial charge in [0.15, 0.2) is 0 Å². The van der Waals surface area contributed by atoms with Gasteiger partial charge in [-0.05, 0) is 37.0 Å². The van der Waals surface area contributed by atoms with Crippen molar-refractivity contribution in [2.45, 2.75) is 36.8 Å². The Balaban J connectivity index is 1.46. The van der Waals surface area contributed by atoms with Crippen molar-refractivity contribution >= 4 is 38.9 Å². The number of nitrogens with one attached hydrogen (secondary N) is 1. The second-order valence-electron chi connectivity index (χ2n) is 7.58. The zero-order valence-electron chi connectivity index (χ0n) is 16.1. The first-order valence-electron chi connectivity index (χ1n) is 9.67. The van der Waals surface area contributed by atoms with Gasteiger partial charge < -0.3 is 9.64 Å². The average molecular weight is 459 g/mol. The number of ether oxygens (including phenoxy) is 1. The van der Waals surface area contributed by atoms with Gasteiger partial charge in [-0.25, -0.2) is 13.1 Å². The van der Waals surface area contributed by atoms with Crippen molar-refractivity contribution in [3.63, 3.8) is 0 Å². The molecule has 1 aliphatic heterocycles. The second-order valence-corrected chi connectivity index (χ2v) is 10.2. The Hall–Kier alpha value is -1.32. The maximum absolute atomic E-state index is 12.7. The zero-order valence-corrected chi connectivity index (χ0v) is 18.5. The maximum Gasteiger partial charge on any atom is 0.240 e. The number of anilines is 1. The summed E-state index contributed by atoms with van der Waals surface area (Å²) in [5, 5.41) is 4.97. The average Bonchev–Trinajstić information content (AvgIpc) is 2.96. The Bertz CT molecular complexity index is 991. The molecule has 2 aromatic rings. The third kappa shape index (κ3) is 4.56. The molecule has 4 rings (SSSR count). The van der Waals surface area contributed by atoms with Crippen LogP contribution in [0.5, 0.6) is 0 Å². The van der Waals surface area contributed by atoms with E-state index >= 15 is 0 Å². The highest BCUT2D eigenvalue weighted by atomic mass is 35.5. The molecule has 1 unspecified atom stereocenters. The molecule has 1 aromatic heterocycles. The molecule has 7 nitrogen and oxygen atoms in total. The van der Waals surface area contributed by atoms with E-state index in [0.29, 0.717) is 28.3 Å². The Kier molecular flexibility index (Phi) is 6.09. The third-order valence-corrected chi connectivity index (χ3v) is 7.64. The topological polar surface area (TPSA) is 76.5 Å². The fourth-order valence-corrected chi connectivity index (χ4v) is 5.40. The molecule has 0 radical (unpaired) electrons. The first kappa shape index (κ1) is 20.9. The molecule has 158 valence electrons. The van der Waals surface area contributed by atoms with Crippen molar-refractivity contribution in [1.82, 2.24) is 14.5 Å². The van der Waals surface area contributed by atoms with Crippen LogP contribution >= 0.6 is 23.2 Å². The summed E-state index contributed by atoms with van der Waals surface area (Å²) in [4.78, 5) is 2.30. The maximum atomic E-state index is 12.7. The van der Waals surface area contributed by atoms with E-state index in [1.807, 2.05) is 0 Å². The third-order valence-electron chi connectivity index (χ3n) is 5.62. The zero-order chi connectivity index (χ0) is 20.6. The van der Waals surface area contributed by atoms with E-state index in [4.69, 9.17) is 27.9 Å². The minimum absolute atomic E-state index is 0.00785. The Labute approximate surface area is 181 Å². The molecule has 0 bridgehead atoms. The molecule has 1 N–H and O–H groups in total. The molecular weight excluding hydrogens is 435 g/mol. The lowest BCUT2D eigenvalue weighted by molar-refractivity contribution is -0.0223. The highest BCUT2D eigenvalue weighted by Gasteiger charge is 2.32. The summed E-state index contributed by atoms with van der Waals surface area (Å²) >= 11 is 12.5. The van der Waals surface area contributed by atoms with Crippen LogP contribution in [0.15, 0.2) is 29.3 Å². The normalized spacial score (nSPS) is 20.7. The van der Waals surface area contributed by atoms with Gasteiger partial charge in [0, 0.05) is 26.3 Å². The van der Waals surface area contributed by atoms with E-state index in [-0.39, 0.29) is 17.5 Å². The summed E-state index contributed by atoms with van der Waals surface area (Å²) in [6.07, 6.45) is 5.55. The van der Waals surface area contributed by atoms with Crippen LogP contribution in [0, 0.1) is 5.92 Å². The number of rotatable bonds is 6. The summed E-state index contributed by atoms with van der Waals surface area (Å²) in [7, 11) is -2.01. The van der Waals surface area contributed by atoms with Crippen molar-refractivity contribution < 1.29 is 13.2 Å². The van der Waals surface area contributed by atoms with Gasteiger partial charge in [-0.3, -0.25) is 4.68 Å². The van der Waals surface area contributed by atoms with Gasteiger partial charge in [0.25, 0.3) is 0 Å². The highest BCUT2D eigenvalue weighted by Crippen LogP contribution is 2.35. The van der Waals surface area contributed by atoms with Gasteiger partial charge in [-0.1, -0.05) is 29.6 Å². The fourth-order valence-electron chi connectivity index (χ4n) is 3.77. The quantitative estimate of drug-likeness (QED) is 0.718. The largest absolute Gasteiger partial charge is 0.374 e. The van der Waals surface area contributed by atoms with Crippen LogP contribution < -0.4 is 9.62 Å². The van der Waals surface area contributed by atoms with Gasteiger partial charge in [0.2, 0.25) is 10.0 Å². The Morgan fingerprint density at radius 1 is 1.28 bits per heavy atom. The van der Waals surface area contributed by atoms with Crippen LogP contribution in [0.3, 0.4) is 0 Å². The number of aromatic nitrogens is 2. The number of halogens is 2. The molecule has 0 spiro atoms. The molecule has 2 fully saturated rings. The van der Waals surface area contributed by atoms with Crippen LogP contribution in [0.25, 0.3) is 0 Å². The van der Waals surface area contributed by atoms with E-state index in [9.17, 15) is 8.42 Å². The number of benzene rings is 1. The molecule has 29 heavy (non-hydrogen) atoms. The van der Waals surface area contributed by atoms with Crippen molar-refractivity contribution in [2.24, 2.45) is 13.0 Å². The molecule has 2 aliphatic rings. The van der Waals surface area contributed by atoms with Gasteiger partial charge >= 0.3 is 0 Å². The minimum atomic E-state index is -3.74. The molecule has 2 heterocycles. The number of hydrogen-bond donors (Lipinski definition) is 1.